The van der Waals surface area contributed by atoms with E-state index < -0.39 is 0 Å². The molecule has 0 spiro atoms. The molecule has 19 heavy (non-hydrogen) atoms. The van der Waals surface area contributed by atoms with Crippen molar-refractivity contribution in [2.24, 2.45) is 17.1 Å². The maximum atomic E-state index is 12.2. The van der Waals surface area contributed by atoms with Gasteiger partial charge in [-0.3, -0.25) is 4.79 Å². The van der Waals surface area contributed by atoms with Gasteiger partial charge >= 0.3 is 0 Å². The molecule has 3 N–H and O–H groups in total. The number of nitrogens with one attached hydrogen (secondary N) is 1. The summed E-state index contributed by atoms with van der Waals surface area (Å²) in [6.45, 7) is 6.78. The Balaban J connectivity index is 2.45. The van der Waals surface area contributed by atoms with Gasteiger partial charge in [-0.05, 0) is 30.3 Å². The van der Waals surface area contributed by atoms with Gasteiger partial charge in [0.1, 0.15) is 0 Å². The lowest BCUT2D eigenvalue weighted by atomic mass is 9.95. The van der Waals surface area contributed by atoms with Crippen LogP contribution in [0, 0.1) is 11.3 Å². The second kappa shape index (κ2) is 7.56. The van der Waals surface area contributed by atoms with Crippen molar-refractivity contribution < 1.29 is 4.79 Å². The molecule has 0 aliphatic carbocycles. The predicted octanol–water partition coefficient (Wildman–Crippen LogP) is 2.98. The van der Waals surface area contributed by atoms with E-state index in [1.807, 2.05) is 44.2 Å². The van der Waals surface area contributed by atoms with E-state index in [-0.39, 0.29) is 11.3 Å². The molecule has 1 amide bonds. The summed E-state index contributed by atoms with van der Waals surface area (Å²) in [5.41, 5.74) is 6.06. The Hall–Kier alpha value is -1.00. The number of amides is 1. The predicted molar refractivity (Wildman–Crippen MR) is 84.4 cm³/mol. The van der Waals surface area contributed by atoms with Crippen LogP contribution in [0.4, 0.5) is 5.69 Å². The summed E-state index contributed by atoms with van der Waals surface area (Å²) >= 11 is 1.79. The summed E-state index contributed by atoms with van der Waals surface area (Å²) in [6.07, 6.45) is 0. The lowest BCUT2D eigenvalue weighted by Crippen LogP contribution is -2.33. The van der Waals surface area contributed by atoms with Gasteiger partial charge in [-0.2, -0.15) is 11.8 Å². The lowest BCUT2D eigenvalue weighted by Gasteiger charge is -2.23. The standard InChI is InChI=1S/C15H24N2OS/c1-12(9-16)10-19-11-15(2,3)14(18)17-13-7-5-4-6-8-13/h4-8,12H,9-11,16H2,1-3H3,(H,17,18). The molecule has 1 rings (SSSR count). The normalized spacial score (nSPS) is 13.1. The van der Waals surface area contributed by atoms with Gasteiger partial charge in [0.2, 0.25) is 5.91 Å². The zero-order valence-corrected chi connectivity index (χ0v) is 12.8. The fourth-order valence-electron chi connectivity index (χ4n) is 1.47. The summed E-state index contributed by atoms with van der Waals surface area (Å²) in [5.74, 6) is 2.36. The SMILES string of the molecule is CC(CN)CSCC(C)(C)C(=O)Nc1ccccc1. The summed E-state index contributed by atoms with van der Waals surface area (Å²) in [5, 5.41) is 2.96. The van der Waals surface area contributed by atoms with Gasteiger partial charge < -0.3 is 11.1 Å². The Kier molecular flexibility index (Phi) is 6.38. The van der Waals surface area contributed by atoms with E-state index in [2.05, 4.69) is 12.2 Å². The Bertz CT molecular complexity index is 392. The molecule has 1 atom stereocenters. The number of hydrogen-bond donors (Lipinski definition) is 2. The summed E-state index contributed by atoms with van der Waals surface area (Å²) in [4.78, 5) is 12.2. The number of anilines is 1. The second-order valence-electron chi connectivity index (χ2n) is 5.56. The fourth-order valence-corrected chi connectivity index (χ4v) is 2.77. The van der Waals surface area contributed by atoms with Gasteiger partial charge in [-0.15, -0.1) is 0 Å². The molecule has 106 valence electrons. The molecule has 1 aromatic rings. The molecule has 0 fully saturated rings. The van der Waals surface area contributed by atoms with Gasteiger partial charge in [0.05, 0.1) is 5.41 Å². The van der Waals surface area contributed by atoms with Crippen LogP contribution in [0.3, 0.4) is 0 Å². The summed E-state index contributed by atoms with van der Waals surface area (Å²) in [7, 11) is 0. The van der Waals surface area contributed by atoms with Crippen molar-refractivity contribution in [2.45, 2.75) is 20.8 Å². The molecular weight excluding hydrogens is 256 g/mol. The first-order valence-corrected chi connectivity index (χ1v) is 7.75. The Morgan fingerprint density at radius 1 is 1.37 bits per heavy atom. The average Bonchev–Trinajstić information content (AvgIpc) is 2.39. The van der Waals surface area contributed by atoms with Crippen LogP contribution in [0.15, 0.2) is 30.3 Å². The molecular formula is C15H24N2OS. The third-order valence-corrected chi connectivity index (χ3v) is 4.64. The first kappa shape index (κ1) is 16.1. The van der Waals surface area contributed by atoms with Crippen molar-refractivity contribution >= 4 is 23.4 Å². The minimum absolute atomic E-state index is 0.0617. The van der Waals surface area contributed by atoms with Crippen LogP contribution >= 0.6 is 11.8 Å². The van der Waals surface area contributed by atoms with E-state index in [1.54, 1.807) is 11.8 Å². The first-order chi connectivity index (χ1) is 8.95. The van der Waals surface area contributed by atoms with Crippen molar-refractivity contribution in [3.63, 3.8) is 0 Å². The average molecular weight is 280 g/mol. The molecule has 0 aromatic heterocycles. The van der Waals surface area contributed by atoms with Gasteiger partial charge in [0, 0.05) is 11.4 Å². The quantitative estimate of drug-likeness (QED) is 0.807. The number of hydrogen-bond acceptors (Lipinski definition) is 3. The number of thioether (sulfide) groups is 1. The van der Waals surface area contributed by atoms with Gasteiger partial charge in [0.25, 0.3) is 0 Å². The lowest BCUT2D eigenvalue weighted by molar-refractivity contribution is -0.122. The van der Waals surface area contributed by atoms with Gasteiger partial charge in [-0.25, -0.2) is 0 Å². The zero-order valence-electron chi connectivity index (χ0n) is 12.0. The Labute approximate surface area is 120 Å². The molecule has 1 unspecified atom stereocenters. The van der Waals surface area contributed by atoms with E-state index in [9.17, 15) is 4.79 Å². The number of benzene rings is 1. The topological polar surface area (TPSA) is 55.1 Å². The number of carbonyl (C=O) groups is 1. The van der Waals surface area contributed by atoms with Crippen LogP contribution in [0.2, 0.25) is 0 Å². The van der Waals surface area contributed by atoms with E-state index in [0.29, 0.717) is 12.5 Å². The van der Waals surface area contributed by atoms with Crippen LogP contribution < -0.4 is 11.1 Å². The molecule has 0 aliphatic rings. The zero-order chi connectivity index (χ0) is 14.3. The van der Waals surface area contributed by atoms with Gasteiger partial charge in [-0.1, -0.05) is 39.0 Å². The molecule has 0 saturated carbocycles. The molecule has 0 heterocycles. The molecule has 0 bridgehead atoms. The van der Waals surface area contributed by atoms with Crippen molar-refractivity contribution in [2.75, 3.05) is 23.4 Å². The highest BCUT2D eigenvalue weighted by atomic mass is 32.2. The Morgan fingerprint density at radius 3 is 2.58 bits per heavy atom. The van der Waals surface area contributed by atoms with E-state index in [0.717, 1.165) is 17.2 Å². The summed E-state index contributed by atoms with van der Waals surface area (Å²) in [6, 6.07) is 9.57. The van der Waals surface area contributed by atoms with Crippen molar-refractivity contribution in [1.82, 2.24) is 0 Å². The van der Waals surface area contributed by atoms with E-state index in [4.69, 9.17) is 5.73 Å². The first-order valence-electron chi connectivity index (χ1n) is 6.60. The highest BCUT2D eigenvalue weighted by Crippen LogP contribution is 2.25. The van der Waals surface area contributed by atoms with Gasteiger partial charge in [0.15, 0.2) is 0 Å². The largest absolute Gasteiger partial charge is 0.330 e. The number of rotatable bonds is 7. The Morgan fingerprint density at radius 2 is 2.00 bits per heavy atom. The van der Waals surface area contributed by atoms with E-state index in [1.165, 1.54) is 0 Å². The number of para-hydroxylation sites is 1. The maximum Gasteiger partial charge on any atom is 0.230 e. The van der Waals surface area contributed by atoms with Crippen LogP contribution in [0.5, 0.6) is 0 Å². The second-order valence-corrected chi connectivity index (χ2v) is 6.59. The highest BCUT2D eigenvalue weighted by molar-refractivity contribution is 7.99. The third kappa shape index (κ3) is 5.66. The summed E-state index contributed by atoms with van der Waals surface area (Å²) < 4.78 is 0. The molecule has 0 aliphatic heterocycles. The molecule has 1 aromatic carbocycles. The number of nitrogens with two attached hydrogens (primary N) is 1. The minimum Gasteiger partial charge on any atom is -0.330 e. The van der Waals surface area contributed by atoms with Crippen LogP contribution in [-0.2, 0) is 4.79 Å². The van der Waals surface area contributed by atoms with Crippen molar-refractivity contribution in [3.8, 4) is 0 Å². The van der Waals surface area contributed by atoms with Crippen LogP contribution in [0.25, 0.3) is 0 Å². The smallest absolute Gasteiger partial charge is 0.230 e. The van der Waals surface area contributed by atoms with Crippen LogP contribution in [0.1, 0.15) is 20.8 Å². The van der Waals surface area contributed by atoms with Crippen LogP contribution in [-0.4, -0.2) is 24.0 Å². The third-order valence-electron chi connectivity index (χ3n) is 2.91. The van der Waals surface area contributed by atoms with Crippen molar-refractivity contribution in [1.29, 1.82) is 0 Å². The monoisotopic (exact) mass is 280 g/mol. The molecule has 0 radical (unpaired) electrons. The number of carbonyl (C=O) groups excluding carboxylic acids is 1. The van der Waals surface area contributed by atoms with E-state index >= 15 is 0 Å². The molecule has 3 nitrogen and oxygen atoms in total. The maximum absolute atomic E-state index is 12.2. The minimum atomic E-state index is -0.380. The molecule has 0 saturated heterocycles. The highest BCUT2D eigenvalue weighted by Gasteiger charge is 2.27. The van der Waals surface area contributed by atoms with Crippen molar-refractivity contribution in [3.05, 3.63) is 30.3 Å². The fraction of sp³-hybridized carbons (Fsp3) is 0.533. The molecule has 4 heteroatoms.